The van der Waals surface area contributed by atoms with Crippen molar-refractivity contribution in [2.75, 3.05) is 0 Å². The van der Waals surface area contributed by atoms with Gasteiger partial charge < -0.3 is 5.73 Å². The third-order valence-electron chi connectivity index (χ3n) is 3.15. The number of hydrogen-bond acceptors (Lipinski definition) is 3. The summed E-state index contributed by atoms with van der Waals surface area (Å²) in [6, 6.07) is 3.98. The average molecular weight is 202 g/mol. The van der Waals surface area contributed by atoms with Gasteiger partial charge in [0, 0.05) is 24.2 Å². The summed E-state index contributed by atoms with van der Waals surface area (Å²) in [5.41, 5.74) is 7.65. The van der Waals surface area contributed by atoms with Gasteiger partial charge in [-0.05, 0) is 18.9 Å². The monoisotopic (exact) mass is 202 g/mol. The zero-order chi connectivity index (χ0) is 10.3. The molecule has 0 atom stereocenters. The maximum absolute atomic E-state index is 5.67. The minimum absolute atomic E-state index is 0.521. The van der Waals surface area contributed by atoms with Crippen molar-refractivity contribution in [1.29, 1.82) is 0 Å². The van der Waals surface area contributed by atoms with Crippen LogP contribution in [0.3, 0.4) is 0 Å². The zero-order valence-corrected chi connectivity index (χ0v) is 8.56. The molecule has 0 amide bonds. The second-order valence-electron chi connectivity index (χ2n) is 4.10. The highest BCUT2D eigenvalue weighted by molar-refractivity contribution is 5.47. The second-order valence-corrected chi connectivity index (χ2v) is 4.10. The zero-order valence-electron chi connectivity index (χ0n) is 8.56. The summed E-state index contributed by atoms with van der Waals surface area (Å²) >= 11 is 0. The largest absolute Gasteiger partial charge is 0.326 e. The molecule has 0 bridgehead atoms. The number of aromatic nitrogens is 3. The number of pyridine rings is 1. The van der Waals surface area contributed by atoms with Gasteiger partial charge in [-0.15, -0.1) is 0 Å². The Morgan fingerprint density at radius 1 is 1.47 bits per heavy atom. The molecule has 2 aromatic heterocycles. The lowest BCUT2D eigenvalue weighted by Gasteiger charge is -2.21. The van der Waals surface area contributed by atoms with Crippen LogP contribution in [0.2, 0.25) is 0 Å². The minimum atomic E-state index is 0.521. The number of hydrogen-bond donors (Lipinski definition) is 1. The van der Waals surface area contributed by atoms with Gasteiger partial charge in [0.1, 0.15) is 0 Å². The van der Waals surface area contributed by atoms with Crippen molar-refractivity contribution in [1.82, 2.24) is 14.6 Å². The summed E-state index contributed by atoms with van der Waals surface area (Å²) in [6.07, 6.45) is 5.71. The first-order valence-electron chi connectivity index (χ1n) is 5.42. The van der Waals surface area contributed by atoms with Gasteiger partial charge in [0.15, 0.2) is 11.5 Å². The Hall–Kier alpha value is -1.42. The Labute approximate surface area is 88.1 Å². The highest BCUT2D eigenvalue weighted by atomic mass is 15.3. The molecule has 0 radical (unpaired) electrons. The minimum Gasteiger partial charge on any atom is -0.326 e. The van der Waals surface area contributed by atoms with Gasteiger partial charge in [-0.25, -0.2) is 9.50 Å². The summed E-state index contributed by atoms with van der Waals surface area (Å²) in [5, 5.41) is 4.49. The van der Waals surface area contributed by atoms with Gasteiger partial charge in [-0.2, -0.15) is 5.10 Å². The van der Waals surface area contributed by atoms with E-state index in [4.69, 9.17) is 5.73 Å². The fraction of sp³-hybridized carbons (Fsp3) is 0.455. The van der Waals surface area contributed by atoms with Crippen LogP contribution >= 0.6 is 0 Å². The predicted molar refractivity (Wildman–Crippen MR) is 57.5 cm³/mol. The Balaban J connectivity index is 2.12. The molecule has 78 valence electrons. The van der Waals surface area contributed by atoms with Crippen molar-refractivity contribution in [3.63, 3.8) is 0 Å². The predicted octanol–water partition coefficient (Wildman–Crippen LogP) is 1.46. The van der Waals surface area contributed by atoms with E-state index < -0.39 is 0 Å². The normalized spacial score (nSPS) is 16.9. The van der Waals surface area contributed by atoms with Crippen molar-refractivity contribution in [3.05, 3.63) is 29.7 Å². The molecule has 0 aromatic carbocycles. The standard InChI is InChI=1S/C11H14N4/c12-7-9-5-2-6-15-11(9)13-10(14-15)8-3-1-4-8/h2,5-6,8H,1,3-4,7,12H2. The lowest BCUT2D eigenvalue weighted by atomic mass is 9.85. The molecule has 1 saturated carbocycles. The molecular formula is C11H14N4. The third-order valence-corrected chi connectivity index (χ3v) is 3.15. The van der Waals surface area contributed by atoms with E-state index >= 15 is 0 Å². The highest BCUT2D eigenvalue weighted by Crippen LogP contribution is 2.34. The van der Waals surface area contributed by atoms with Gasteiger partial charge in [0.2, 0.25) is 0 Å². The molecule has 4 heteroatoms. The summed E-state index contributed by atoms with van der Waals surface area (Å²) in [6.45, 7) is 0.521. The molecule has 15 heavy (non-hydrogen) atoms. The Bertz CT molecular complexity index is 484. The Kier molecular flexibility index (Phi) is 1.95. The van der Waals surface area contributed by atoms with Crippen molar-refractivity contribution >= 4 is 5.65 Å². The first-order chi connectivity index (χ1) is 7.38. The fourth-order valence-electron chi connectivity index (χ4n) is 1.98. The molecule has 2 N–H and O–H groups in total. The van der Waals surface area contributed by atoms with Crippen LogP contribution in [-0.4, -0.2) is 14.6 Å². The summed E-state index contributed by atoms with van der Waals surface area (Å²) in [5.74, 6) is 1.57. The van der Waals surface area contributed by atoms with E-state index in [9.17, 15) is 0 Å². The van der Waals surface area contributed by atoms with E-state index in [1.165, 1.54) is 19.3 Å². The van der Waals surface area contributed by atoms with Crippen LogP contribution in [0.5, 0.6) is 0 Å². The molecule has 0 unspecified atom stereocenters. The van der Waals surface area contributed by atoms with Crippen LogP contribution in [0.4, 0.5) is 0 Å². The van der Waals surface area contributed by atoms with Crippen LogP contribution in [0, 0.1) is 0 Å². The summed E-state index contributed by atoms with van der Waals surface area (Å²) in [7, 11) is 0. The van der Waals surface area contributed by atoms with Crippen LogP contribution in [-0.2, 0) is 6.54 Å². The highest BCUT2D eigenvalue weighted by Gasteiger charge is 2.23. The Morgan fingerprint density at radius 3 is 3.00 bits per heavy atom. The molecule has 2 heterocycles. The van der Waals surface area contributed by atoms with Crippen LogP contribution in [0.25, 0.3) is 5.65 Å². The van der Waals surface area contributed by atoms with Crippen LogP contribution in [0.15, 0.2) is 18.3 Å². The van der Waals surface area contributed by atoms with Crippen LogP contribution < -0.4 is 5.73 Å². The van der Waals surface area contributed by atoms with E-state index in [2.05, 4.69) is 10.1 Å². The first kappa shape index (κ1) is 8.85. The summed E-state index contributed by atoms with van der Waals surface area (Å²) < 4.78 is 1.84. The SMILES string of the molecule is NCc1cccn2nc(C3CCC3)nc12. The molecular weight excluding hydrogens is 188 g/mol. The molecule has 0 spiro atoms. The fourth-order valence-corrected chi connectivity index (χ4v) is 1.98. The molecule has 3 rings (SSSR count). The average Bonchev–Trinajstić information content (AvgIpc) is 2.57. The lowest BCUT2D eigenvalue weighted by Crippen LogP contribution is -2.10. The van der Waals surface area contributed by atoms with Crippen molar-refractivity contribution < 1.29 is 0 Å². The van der Waals surface area contributed by atoms with Crippen LogP contribution in [0.1, 0.15) is 36.6 Å². The Morgan fingerprint density at radius 2 is 2.33 bits per heavy atom. The van der Waals surface area contributed by atoms with Crippen molar-refractivity contribution in [2.24, 2.45) is 5.73 Å². The molecule has 1 aliphatic carbocycles. The molecule has 4 nitrogen and oxygen atoms in total. The molecule has 0 saturated heterocycles. The van der Waals surface area contributed by atoms with E-state index in [0.717, 1.165) is 17.0 Å². The van der Waals surface area contributed by atoms with Gasteiger partial charge in [0.25, 0.3) is 0 Å². The second kappa shape index (κ2) is 3.31. The third kappa shape index (κ3) is 1.33. The molecule has 2 aromatic rings. The van der Waals surface area contributed by atoms with Crippen molar-refractivity contribution in [2.45, 2.75) is 31.7 Å². The van der Waals surface area contributed by atoms with Gasteiger partial charge in [-0.3, -0.25) is 0 Å². The maximum Gasteiger partial charge on any atom is 0.160 e. The van der Waals surface area contributed by atoms with Gasteiger partial charge in [-0.1, -0.05) is 12.5 Å². The van der Waals surface area contributed by atoms with Crippen molar-refractivity contribution in [3.8, 4) is 0 Å². The number of nitrogens with two attached hydrogens (primary N) is 1. The quantitative estimate of drug-likeness (QED) is 0.802. The molecule has 1 fully saturated rings. The number of rotatable bonds is 2. The maximum atomic E-state index is 5.67. The number of nitrogens with zero attached hydrogens (tertiary/aromatic N) is 3. The van der Waals surface area contributed by atoms with E-state index in [-0.39, 0.29) is 0 Å². The topological polar surface area (TPSA) is 56.2 Å². The smallest absolute Gasteiger partial charge is 0.160 e. The van der Waals surface area contributed by atoms with E-state index in [1.807, 2.05) is 22.8 Å². The lowest BCUT2D eigenvalue weighted by molar-refractivity contribution is 0.402. The first-order valence-corrected chi connectivity index (χ1v) is 5.42. The van der Waals surface area contributed by atoms with E-state index in [0.29, 0.717) is 12.5 Å². The molecule has 0 aliphatic heterocycles. The van der Waals surface area contributed by atoms with Gasteiger partial charge >= 0.3 is 0 Å². The van der Waals surface area contributed by atoms with Gasteiger partial charge in [0.05, 0.1) is 0 Å². The molecule has 1 aliphatic rings. The van der Waals surface area contributed by atoms with E-state index in [1.54, 1.807) is 0 Å². The number of fused-ring (bicyclic) bond motifs is 1. The summed E-state index contributed by atoms with van der Waals surface area (Å²) in [4.78, 5) is 4.58.